The summed E-state index contributed by atoms with van der Waals surface area (Å²) >= 11 is 0. The van der Waals surface area contributed by atoms with Crippen LogP contribution < -0.4 is 20.4 Å². The largest absolute Gasteiger partial charge is 0.444 e. The number of carbonyl (C=O) groups excluding carboxylic acids is 1. The molecule has 47 heavy (non-hydrogen) atoms. The van der Waals surface area contributed by atoms with Crippen LogP contribution in [-0.2, 0) is 16.0 Å². The summed E-state index contributed by atoms with van der Waals surface area (Å²) in [6.07, 6.45) is -2.83. The zero-order valence-electron chi connectivity index (χ0n) is 26.1. The van der Waals surface area contributed by atoms with Crippen molar-refractivity contribution < 1.29 is 40.6 Å². The maximum atomic E-state index is 15.2. The molecule has 5 rings (SSSR count). The number of hydrogen-bond donors (Lipinski definition) is 2. The molecule has 2 aliphatic rings. The van der Waals surface area contributed by atoms with Crippen LogP contribution >= 0.6 is 0 Å². The predicted octanol–water partition coefficient (Wildman–Crippen LogP) is 6.29. The number of amides is 1. The predicted molar refractivity (Wildman–Crippen MR) is 164 cm³/mol. The zero-order chi connectivity index (χ0) is 33.9. The maximum absolute atomic E-state index is 15.2. The Morgan fingerprint density at radius 3 is 2.36 bits per heavy atom. The average molecular weight is 667 g/mol. The van der Waals surface area contributed by atoms with Crippen molar-refractivity contribution in [3.8, 4) is 11.3 Å². The highest BCUT2D eigenvalue weighted by molar-refractivity contribution is 5.71. The fourth-order valence-corrected chi connectivity index (χ4v) is 5.64. The fourth-order valence-electron chi connectivity index (χ4n) is 5.64. The molecule has 1 aromatic carbocycles. The number of anilines is 3. The lowest BCUT2D eigenvalue weighted by molar-refractivity contribution is -0.177. The minimum Gasteiger partial charge on any atom is -0.444 e. The van der Waals surface area contributed by atoms with Crippen molar-refractivity contribution in [1.29, 1.82) is 0 Å². The molecular formula is C32H36F6N6O3. The number of morpholine rings is 1. The van der Waals surface area contributed by atoms with E-state index >= 15 is 8.78 Å². The molecule has 0 bridgehead atoms. The quantitative estimate of drug-likeness (QED) is 0.285. The summed E-state index contributed by atoms with van der Waals surface area (Å²) in [7, 11) is 0. The number of pyridine rings is 2. The van der Waals surface area contributed by atoms with E-state index in [1.165, 1.54) is 29.4 Å². The van der Waals surface area contributed by atoms with Crippen LogP contribution in [-0.4, -0.2) is 73.3 Å². The second kappa shape index (κ2) is 13.8. The van der Waals surface area contributed by atoms with Crippen molar-refractivity contribution in [3.05, 3.63) is 65.9 Å². The van der Waals surface area contributed by atoms with E-state index in [0.717, 1.165) is 18.2 Å². The first-order chi connectivity index (χ1) is 22.2. The van der Waals surface area contributed by atoms with Gasteiger partial charge in [0.05, 0.1) is 60.5 Å². The number of alkyl halides is 3. The second-order valence-electron chi connectivity index (χ2n) is 12.5. The van der Waals surface area contributed by atoms with Gasteiger partial charge in [0.2, 0.25) is 0 Å². The number of aromatic nitrogens is 2. The van der Waals surface area contributed by atoms with Gasteiger partial charge in [-0.1, -0.05) is 0 Å². The Morgan fingerprint density at radius 1 is 1.00 bits per heavy atom. The van der Waals surface area contributed by atoms with Gasteiger partial charge in [-0.15, -0.1) is 0 Å². The monoisotopic (exact) mass is 666 g/mol. The summed E-state index contributed by atoms with van der Waals surface area (Å²) in [4.78, 5) is 23.9. The molecule has 2 saturated heterocycles. The molecule has 254 valence electrons. The number of halogens is 6. The first-order valence-electron chi connectivity index (χ1n) is 15.1. The molecule has 2 aromatic heterocycles. The summed E-state index contributed by atoms with van der Waals surface area (Å²) in [6.45, 7) is 6.32. The lowest BCUT2D eigenvalue weighted by Gasteiger charge is -2.40. The average Bonchev–Trinajstić information content (AvgIpc) is 3.00. The van der Waals surface area contributed by atoms with E-state index in [1.54, 1.807) is 25.7 Å². The lowest BCUT2D eigenvalue weighted by atomic mass is 9.93. The number of nitrogens with one attached hydrogen (secondary N) is 2. The minimum absolute atomic E-state index is 0.0580. The van der Waals surface area contributed by atoms with Gasteiger partial charge >= 0.3 is 12.3 Å². The Morgan fingerprint density at radius 2 is 1.70 bits per heavy atom. The van der Waals surface area contributed by atoms with Crippen LogP contribution in [0, 0.1) is 23.4 Å². The molecule has 2 fully saturated rings. The highest BCUT2D eigenvalue weighted by Crippen LogP contribution is 2.37. The van der Waals surface area contributed by atoms with Gasteiger partial charge in [-0.05, 0) is 57.5 Å². The number of alkyl carbamates (subject to hydrolysis) is 1. The number of hydrogen-bond acceptors (Lipinski definition) is 8. The van der Waals surface area contributed by atoms with Gasteiger partial charge in [0.25, 0.3) is 0 Å². The van der Waals surface area contributed by atoms with Crippen molar-refractivity contribution in [3.63, 3.8) is 0 Å². The van der Waals surface area contributed by atoms with Gasteiger partial charge in [-0.3, -0.25) is 4.98 Å². The van der Waals surface area contributed by atoms with Crippen molar-refractivity contribution >= 4 is 23.2 Å². The first-order valence-corrected chi connectivity index (χ1v) is 15.1. The standard InChI is InChI=1S/C32H36F6N6O3/c1-31(2,3)47-30(45)42-21-12-19(32(36,37)38)17-44(18-21)27-6-7-39-16-26(27)40-15-20-4-5-23(33)29(41-20)28-24(34)13-22(14-25(28)35)43-8-10-46-11-9-43/h4-7,13-14,16,19,21,40H,8-12,15,17-18H2,1-3H3,(H,42,45)/t19-,21+/m1/s1. The smallest absolute Gasteiger partial charge is 0.407 e. The molecule has 4 heterocycles. The summed E-state index contributed by atoms with van der Waals surface area (Å²) in [5.41, 5.74) is -0.721. The molecule has 15 heteroatoms. The van der Waals surface area contributed by atoms with Crippen molar-refractivity contribution in [1.82, 2.24) is 15.3 Å². The van der Waals surface area contributed by atoms with E-state index in [4.69, 9.17) is 9.47 Å². The number of ether oxygens (including phenoxy) is 2. The van der Waals surface area contributed by atoms with Crippen molar-refractivity contribution in [2.24, 2.45) is 5.92 Å². The minimum atomic E-state index is -4.52. The zero-order valence-corrected chi connectivity index (χ0v) is 26.1. The summed E-state index contributed by atoms with van der Waals surface area (Å²) < 4.78 is 97.8. The number of carbonyl (C=O) groups is 1. The number of benzene rings is 1. The highest BCUT2D eigenvalue weighted by Gasteiger charge is 2.45. The first kappa shape index (κ1) is 34.1. The molecule has 9 nitrogen and oxygen atoms in total. The third-order valence-corrected chi connectivity index (χ3v) is 7.78. The molecule has 2 aliphatic heterocycles. The van der Waals surface area contributed by atoms with E-state index in [1.807, 2.05) is 0 Å². The Labute approximate surface area is 268 Å². The van der Waals surface area contributed by atoms with Crippen LogP contribution in [0.3, 0.4) is 0 Å². The van der Waals surface area contributed by atoms with Gasteiger partial charge in [0, 0.05) is 38.1 Å². The Bertz CT molecular complexity index is 1550. The van der Waals surface area contributed by atoms with Crippen LogP contribution in [0.5, 0.6) is 0 Å². The van der Waals surface area contributed by atoms with Crippen LogP contribution in [0.1, 0.15) is 32.9 Å². The van der Waals surface area contributed by atoms with Crippen LogP contribution in [0.2, 0.25) is 0 Å². The van der Waals surface area contributed by atoms with Crippen molar-refractivity contribution in [2.45, 2.75) is 51.6 Å². The van der Waals surface area contributed by atoms with Crippen LogP contribution in [0.4, 0.5) is 48.2 Å². The molecule has 0 spiro atoms. The molecule has 3 aromatic rings. The SMILES string of the molecule is CC(C)(C)OC(=O)N[C@H]1C[C@@H](C(F)(F)F)CN(c2ccncc2NCc2ccc(F)c(-c3c(F)cc(N4CCOCC4)cc3F)n2)C1. The summed E-state index contributed by atoms with van der Waals surface area (Å²) in [5, 5.41) is 5.62. The molecule has 0 unspecified atom stereocenters. The van der Waals surface area contributed by atoms with Gasteiger partial charge in [0.1, 0.15) is 28.7 Å². The van der Waals surface area contributed by atoms with Crippen LogP contribution in [0.25, 0.3) is 11.3 Å². The summed E-state index contributed by atoms with van der Waals surface area (Å²) in [6, 6.07) is 5.32. The molecule has 2 N–H and O–H groups in total. The number of rotatable bonds is 7. The van der Waals surface area contributed by atoms with Gasteiger partial charge in [0.15, 0.2) is 0 Å². The molecule has 1 amide bonds. The molecule has 0 radical (unpaired) electrons. The van der Waals surface area contributed by atoms with Gasteiger partial charge in [-0.25, -0.2) is 22.9 Å². The van der Waals surface area contributed by atoms with E-state index in [2.05, 4.69) is 20.6 Å². The highest BCUT2D eigenvalue weighted by atomic mass is 19.4. The topological polar surface area (TPSA) is 91.8 Å². The van der Waals surface area contributed by atoms with Crippen molar-refractivity contribution in [2.75, 3.05) is 54.5 Å². The van der Waals surface area contributed by atoms with E-state index in [0.29, 0.717) is 43.4 Å². The lowest BCUT2D eigenvalue weighted by Crippen LogP contribution is -2.54. The van der Waals surface area contributed by atoms with Gasteiger partial charge in [-0.2, -0.15) is 13.2 Å². The molecule has 0 saturated carbocycles. The molecular weight excluding hydrogens is 630 g/mol. The third-order valence-electron chi connectivity index (χ3n) is 7.78. The number of piperidine rings is 1. The maximum Gasteiger partial charge on any atom is 0.407 e. The van der Waals surface area contributed by atoms with E-state index in [-0.39, 0.29) is 31.7 Å². The molecule has 0 aliphatic carbocycles. The van der Waals surface area contributed by atoms with Crippen LogP contribution in [0.15, 0.2) is 42.7 Å². The summed E-state index contributed by atoms with van der Waals surface area (Å²) in [5.74, 6) is -4.62. The molecule has 2 atom stereocenters. The Hall–Kier alpha value is -4.27. The normalized spacial score (nSPS) is 19.0. The second-order valence-corrected chi connectivity index (χ2v) is 12.5. The van der Waals surface area contributed by atoms with E-state index < -0.39 is 58.5 Å². The van der Waals surface area contributed by atoms with E-state index in [9.17, 15) is 22.4 Å². The Balaban J connectivity index is 1.35. The Kier molecular flexibility index (Phi) is 10.0. The third kappa shape index (κ3) is 8.56. The number of nitrogens with zero attached hydrogens (tertiary/aromatic N) is 4. The fraction of sp³-hybridized carbons (Fsp3) is 0.469. The van der Waals surface area contributed by atoms with Gasteiger partial charge < -0.3 is 29.9 Å².